The van der Waals surface area contributed by atoms with Gasteiger partial charge in [-0.3, -0.25) is 19.7 Å². The van der Waals surface area contributed by atoms with Crippen LogP contribution in [0.15, 0.2) is 115 Å². The van der Waals surface area contributed by atoms with Crippen molar-refractivity contribution in [3.05, 3.63) is 154 Å². The SMILES string of the molecule is O=C1CC[C@H](N2Cc3cc(-c4ccc5[nH]c(CCCOc6ccc([C@@H]7c8ccc(O)cc8CC[C@@H]7c7ccccc7)cc6)cc5c4)ccc3C2=O)C(=O)N1. The summed E-state index contributed by atoms with van der Waals surface area (Å²) in [6.07, 6.45) is 4.28. The zero-order chi connectivity index (χ0) is 36.8. The van der Waals surface area contributed by atoms with Crippen molar-refractivity contribution in [1.29, 1.82) is 0 Å². The van der Waals surface area contributed by atoms with Gasteiger partial charge in [0.15, 0.2) is 0 Å². The number of carbonyl (C=O) groups excluding carboxylic acids is 3. The number of H-pyrrole nitrogens is 1. The molecular weight excluding hydrogens is 675 g/mol. The number of carbonyl (C=O) groups is 3. The standard InChI is InChI=1S/C46H41N3O5/c50-36-13-18-39-32(26-36)11-16-38(28-5-2-1-3-6-28)44(39)29-8-14-37(15-9-29)54-22-4-7-35-25-33-23-31(12-19-41(33)47-35)30-10-17-40-34(24-30)27-49(46(40)53)42-20-21-43(51)48-45(42)52/h1-3,5-6,8-10,12-15,17-19,23-26,38,42,44,47,50H,4,7,11,16,20-22,27H2,(H,48,51,52)/t38-,42+,44+/m1/s1. The lowest BCUT2D eigenvalue weighted by Crippen LogP contribution is -2.52. The molecule has 8 nitrogen and oxygen atoms in total. The lowest BCUT2D eigenvalue weighted by Gasteiger charge is -2.34. The van der Waals surface area contributed by atoms with Crippen molar-refractivity contribution in [2.75, 3.05) is 6.61 Å². The minimum Gasteiger partial charge on any atom is -0.508 e. The Balaban J connectivity index is 0.833. The maximum absolute atomic E-state index is 13.2. The first kappa shape index (κ1) is 33.7. The number of phenolic OH excluding ortho intramolecular Hbond substituents is 1. The highest BCUT2D eigenvalue weighted by atomic mass is 16.5. The number of aromatic hydroxyl groups is 1. The molecule has 9 rings (SSSR count). The van der Waals surface area contributed by atoms with Crippen LogP contribution in [0.1, 0.15) is 81.4 Å². The van der Waals surface area contributed by atoms with Crippen LogP contribution in [0.3, 0.4) is 0 Å². The number of ether oxygens (including phenoxy) is 1. The van der Waals surface area contributed by atoms with Crippen molar-refractivity contribution in [2.45, 2.75) is 62.9 Å². The van der Waals surface area contributed by atoms with E-state index in [4.69, 9.17) is 4.74 Å². The molecule has 3 N–H and O–H groups in total. The van der Waals surface area contributed by atoms with Crippen molar-refractivity contribution in [2.24, 2.45) is 0 Å². The second kappa shape index (κ2) is 14.0. The highest BCUT2D eigenvalue weighted by Crippen LogP contribution is 2.47. The van der Waals surface area contributed by atoms with Gasteiger partial charge < -0.3 is 19.7 Å². The molecule has 0 bridgehead atoms. The van der Waals surface area contributed by atoms with E-state index >= 15 is 0 Å². The Bertz CT molecular complexity index is 2400. The molecule has 270 valence electrons. The number of fused-ring (bicyclic) bond motifs is 3. The zero-order valence-corrected chi connectivity index (χ0v) is 29.9. The van der Waals surface area contributed by atoms with Crippen molar-refractivity contribution >= 4 is 28.6 Å². The molecule has 54 heavy (non-hydrogen) atoms. The van der Waals surface area contributed by atoms with Gasteiger partial charge in [0.1, 0.15) is 17.5 Å². The molecule has 2 aliphatic heterocycles. The van der Waals surface area contributed by atoms with E-state index in [1.54, 1.807) is 4.90 Å². The zero-order valence-electron chi connectivity index (χ0n) is 29.9. The number of benzene rings is 5. The van der Waals surface area contributed by atoms with Gasteiger partial charge in [-0.2, -0.15) is 0 Å². The van der Waals surface area contributed by atoms with E-state index in [0.717, 1.165) is 64.7 Å². The summed E-state index contributed by atoms with van der Waals surface area (Å²) < 4.78 is 6.21. The van der Waals surface area contributed by atoms with Gasteiger partial charge in [0.05, 0.1) is 6.61 Å². The largest absolute Gasteiger partial charge is 0.508 e. The summed E-state index contributed by atoms with van der Waals surface area (Å²) in [4.78, 5) is 42.4. The molecule has 3 heterocycles. The molecule has 0 radical (unpaired) electrons. The summed E-state index contributed by atoms with van der Waals surface area (Å²) >= 11 is 0. The number of aromatic nitrogens is 1. The highest BCUT2D eigenvalue weighted by Gasteiger charge is 2.39. The molecule has 3 atom stereocenters. The molecule has 0 unspecified atom stereocenters. The van der Waals surface area contributed by atoms with Gasteiger partial charge in [0.25, 0.3) is 5.91 Å². The molecule has 8 heteroatoms. The summed E-state index contributed by atoms with van der Waals surface area (Å²) in [5.41, 5.74) is 10.9. The maximum atomic E-state index is 13.2. The number of nitrogens with one attached hydrogen (secondary N) is 2. The van der Waals surface area contributed by atoms with Crippen LogP contribution >= 0.6 is 0 Å². The number of rotatable bonds is 9. The van der Waals surface area contributed by atoms with Gasteiger partial charge in [-0.05, 0) is 132 Å². The number of hydrogen-bond donors (Lipinski definition) is 3. The molecule has 1 fully saturated rings. The van der Waals surface area contributed by atoms with E-state index in [9.17, 15) is 19.5 Å². The fraction of sp³-hybridized carbons (Fsp3) is 0.239. The minimum atomic E-state index is -0.623. The molecule has 5 aromatic carbocycles. The fourth-order valence-electron chi connectivity index (χ4n) is 8.76. The smallest absolute Gasteiger partial charge is 0.255 e. The van der Waals surface area contributed by atoms with Crippen LogP contribution < -0.4 is 10.1 Å². The van der Waals surface area contributed by atoms with Crippen LogP contribution in [0.2, 0.25) is 0 Å². The van der Waals surface area contributed by atoms with Gasteiger partial charge in [0.2, 0.25) is 11.8 Å². The van der Waals surface area contributed by atoms with E-state index < -0.39 is 11.9 Å². The molecule has 0 saturated carbocycles. The molecule has 1 aromatic heterocycles. The number of amides is 3. The first-order valence-electron chi connectivity index (χ1n) is 18.9. The number of phenols is 1. The first-order valence-corrected chi connectivity index (χ1v) is 18.9. The molecule has 6 aromatic rings. The van der Waals surface area contributed by atoms with Crippen LogP contribution in [-0.2, 0) is 29.0 Å². The highest BCUT2D eigenvalue weighted by molar-refractivity contribution is 6.05. The van der Waals surface area contributed by atoms with E-state index in [2.05, 4.69) is 95.2 Å². The Morgan fingerprint density at radius 2 is 1.57 bits per heavy atom. The second-order valence-corrected chi connectivity index (χ2v) is 14.8. The van der Waals surface area contributed by atoms with Crippen LogP contribution in [0, 0.1) is 0 Å². The third-order valence-electron chi connectivity index (χ3n) is 11.4. The van der Waals surface area contributed by atoms with Gasteiger partial charge >= 0.3 is 0 Å². The van der Waals surface area contributed by atoms with Crippen LogP contribution in [0.4, 0.5) is 0 Å². The number of imide groups is 1. The molecule has 3 aliphatic rings. The Morgan fingerprint density at radius 3 is 2.41 bits per heavy atom. The van der Waals surface area contributed by atoms with Crippen molar-refractivity contribution in [3.8, 4) is 22.6 Å². The first-order chi connectivity index (χ1) is 26.4. The van der Waals surface area contributed by atoms with Crippen LogP contribution in [-0.4, -0.2) is 45.4 Å². The van der Waals surface area contributed by atoms with Crippen LogP contribution in [0.5, 0.6) is 11.5 Å². The summed E-state index contributed by atoms with van der Waals surface area (Å²) in [6, 6.07) is 38.9. The number of aryl methyl sites for hydroxylation is 2. The third kappa shape index (κ3) is 6.42. The summed E-state index contributed by atoms with van der Waals surface area (Å²) in [6.45, 7) is 0.953. The summed E-state index contributed by atoms with van der Waals surface area (Å²) in [7, 11) is 0. The molecule has 0 spiro atoms. The summed E-state index contributed by atoms with van der Waals surface area (Å²) in [5, 5.41) is 13.7. The minimum absolute atomic E-state index is 0.164. The lowest BCUT2D eigenvalue weighted by molar-refractivity contribution is -0.136. The monoisotopic (exact) mass is 715 g/mol. The topological polar surface area (TPSA) is 112 Å². The van der Waals surface area contributed by atoms with E-state index in [0.29, 0.717) is 36.8 Å². The summed E-state index contributed by atoms with van der Waals surface area (Å²) in [5.74, 6) is 0.893. The van der Waals surface area contributed by atoms with E-state index in [1.165, 1.54) is 22.3 Å². The third-order valence-corrected chi connectivity index (χ3v) is 11.4. The predicted molar refractivity (Wildman–Crippen MR) is 207 cm³/mol. The van der Waals surface area contributed by atoms with Crippen molar-refractivity contribution in [1.82, 2.24) is 15.2 Å². The van der Waals surface area contributed by atoms with Gasteiger partial charge in [-0.15, -0.1) is 0 Å². The van der Waals surface area contributed by atoms with Crippen molar-refractivity contribution < 1.29 is 24.2 Å². The van der Waals surface area contributed by atoms with Gasteiger partial charge in [0, 0.05) is 41.0 Å². The predicted octanol–water partition coefficient (Wildman–Crippen LogP) is 8.18. The number of aromatic amines is 1. The molecular formula is C46H41N3O5. The Labute approximate surface area is 313 Å². The van der Waals surface area contributed by atoms with E-state index in [-0.39, 0.29) is 24.2 Å². The Morgan fingerprint density at radius 1 is 0.759 bits per heavy atom. The van der Waals surface area contributed by atoms with Crippen LogP contribution in [0.25, 0.3) is 22.0 Å². The number of hydrogen-bond acceptors (Lipinski definition) is 5. The van der Waals surface area contributed by atoms with E-state index in [1.807, 2.05) is 30.3 Å². The molecule has 1 aliphatic carbocycles. The Hall–Kier alpha value is -6.15. The Kier molecular flexibility index (Phi) is 8.73. The number of nitrogens with zero attached hydrogens (tertiary/aromatic N) is 1. The normalized spacial score (nSPS) is 19.4. The van der Waals surface area contributed by atoms with Crippen molar-refractivity contribution in [3.63, 3.8) is 0 Å². The van der Waals surface area contributed by atoms with Gasteiger partial charge in [-0.1, -0.05) is 60.7 Å². The average molecular weight is 716 g/mol. The lowest BCUT2D eigenvalue weighted by atomic mass is 9.69. The van der Waals surface area contributed by atoms with Gasteiger partial charge in [-0.25, -0.2) is 0 Å². The molecule has 1 saturated heterocycles. The average Bonchev–Trinajstić information content (AvgIpc) is 3.75. The number of piperidine rings is 1. The quantitative estimate of drug-likeness (QED) is 0.103. The second-order valence-electron chi connectivity index (χ2n) is 14.8. The molecule has 3 amide bonds. The maximum Gasteiger partial charge on any atom is 0.255 e. The fourth-order valence-corrected chi connectivity index (χ4v) is 8.76.